The summed E-state index contributed by atoms with van der Waals surface area (Å²) >= 11 is 0. The molecule has 0 radical (unpaired) electrons. The largest absolute Gasteiger partial charge is 0.464 e. The molecule has 134 valence electrons. The maximum Gasteiger partial charge on any atom is 0.355 e. The Balaban J connectivity index is 2.03. The van der Waals surface area contributed by atoms with E-state index in [2.05, 4.69) is 17.2 Å². The van der Waals surface area contributed by atoms with E-state index >= 15 is 0 Å². The molecule has 5 heteroatoms. The van der Waals surface area contributed by atoms with Crippen LogP contribution in [0.5, 0.6) is 0 Å². The van der Waals surface area contributed by atoms with E-state index in [1.165, 1.54) is 7.11 Å². The van der Waals surface area contributed by atoms with Crippen LogP contribution in [0, 0.1) is 0 Å². The zero-order chi connectivity index (χ0) is 18.7. The molecule has 0 spiro atoms. The number of hydrogen-bond donors (Lipinski definition) is 1. The number of methoxy groups -OCH3 is 1. The lowest BCUT2D eigenvalue weighted by molar-refractivity contribution is -0.132. The van der Waals surface area contributed by atoms with Gasteiger partial charge >= 0.3 is 5.97 Å². The van der Waals surface area contributed by atoms with E-state index in [1.54, 1.807) is 6.07 Å². The summed E-state index contributed by atoms with van der Waals surface area (Å²) in [4.78, 5) is 29.8. The Morgan fingerprint density at radius 2 is 1.85 bits per heavy atom. The van der Waals surface area contributed by atoms with Crippen molar-refractivity contribution in [1.29, 1.82) is 0 Å². The molecule has 0 aromatic heterocycles. The van der Waals surface area contributed by atoms with E-state index in [1.807, 2.05) is 43.3 Å². The average molecular weight is 350 g/mol. The SMILES string of the molecule is CCc1cccc(NC2C(=O)c3cc(CC)ccc3N=C2C(=O)OC)c1. The third-order valence-electron chi connectivity index (χ3n) is 4.55. The average Bonchev–Trinajstić information content (AvgIpc) is 2.69. The van der Waals surface area contributed by atoms with Gasteiger partial charge in [-0.1, -0.05) is 32.0 Å². The van der Waals surface area contributed by atoms with E-state index in [0.29, 0.717) is 11.3 Å². The molecule has 0 fully saturated rings. The van der Waals surface area contributed by atoms with Gasteiger partial charge in [0.15, 0.2) is 11.5 Å². The van der Waals surface area contributed by atoms with Crippen LogP contribution in [-0.2, 0) is 22.4 Å². The Bertz CT molecular complexity index is 887. The van der Waals surface area contributed by atoms with E-state index in [-0.39, 0.29) is 11.5 Å². The van der Waals surface area contributed by atoms with Gasteiger partial charge in [-0.05, 0) is 48.2 Å². The Kier molecular flexibility index (Phi) is 5.16. The lowest BCUT2D eigenvalue weighted by Crippen LogP contribution is -2.44. The second-order valence-electron chi connectivity index (χ2n) is 6.19. The zero-order valence-electron chi connectivity index (χ0n) is 15.2. The van der Waals surface area contributed by atoms with Gasteiger partial charge in [0.25, 0.3) is 0 Å². The molecule has 0 saturated carbocycles. The number of fused-ring (bicyclic) bond motifs is 1. The summed E-state index contributed by atoms with van der Waals surface area (Å²) in [6, 6.07) is 12.5. The summed E-state index contributed by atoms with van der Waals surface area (Å²) in [5, 5.41) is 3.17. The summed E-state index contributed by atoms with van der Waals surface area (Å²) in [5.41, 5.74) is 4.09. The van der Waals surface area contributed by atoms with Gasteiger partial charge in [-0.15, -0.1) is 0 Å². The molecule has 1 N–H and O–H groups in total. The van der Waals surface area contributed by atoms with Gasteiger partial charge in [0.05, 0.1) is 12.8 Å². The summed E-state index contributed by atoms with van der Waals surface area (Å²) in [7, 11) is 1.29. The van der Waals surface area contributed by atoms with E-state index in [4.69, 9.17) is 4.74 Å². The van der Waals surface area contributed by atoms with Crippen molar-refractivity contribution >= 4 is 28.8 Å². The third kappa shape index (κ3) is 3.38. The van der Waals surface area contributed by atoms with Crippen molar-refractivity contribution in [3.05, 3.63) is 59.2 Å². The molecule has 2 aromatic rings. The Hall–Kier alpha value is -2.95. The van der Waals surface area contributed by atoms with Gasteiger partial charge in [-0.2, -0.15) is 0 Å². The first-order valence-electron chi connectivity index (χ1n) is 8.76. The van der Waals surface area contributed by atoms with Crippen molar-refractivity contribution < 1.29 is 14.3 Å². The Morgan fingerprint density at radius 3 is 2.54 bits per heavy atom. The summed E-state index contributed by atoms with van der Waals surface area (Å²) in [6.45, 7) is 4.10. The number of rotatable bonds is 5. The smallest absolute Gasteiger partial charge is 0.355 e. The Morgan fingerprint density at radius 1 is 1.12 bits per heavy atom. The maximum atomic E-state index is 13.1. The minimum atomic E-state index is -0.867. The molecule has 1 atom stereocenters. The molecule has 5 nitrogen and oxygen atoms in total. The highest BCUT2D eigenvalue weighted by Crippen LogP contribution is 2.29. The van der Waals surface area contributed by atoms with E-state index in [0.717, 1.165) is 29.7 Å². The van der Waals surface area contributed by atoms with Crippen LogP contribution in [0.3, 0.4) is 0 Å². The first-order valence-corrected chi connectivity index (χ1v) is 8.76. The molecule has 1 unspecified atom stereocenters. The molecule has 0 aliphatic carbocycles. The molecule has 1 aliphatic heterocycles. The van der Waals surface area contributed by atoms with Crippen LogP contribution in [0.4, 0.5) is 11.4 Å². The van der Waals surface area contributed by atoms with Gasteiger partial charge in [-0.3, -0.25) is 4.79 Å². The van der Waals surface area contributed by atoms with E-state index < -0.39 is 12.0 Å². The molecule has 0 saturated heterocycles. The topological polar surface area (TPSA) is 67.8 Å². The second kappa shape index (κ2) is 7.52. The highest BCUT2D eigenvalue weighted by molar-refractivity contribution is 6.46. The minimum Gasteiger partial charge on any atom is -0.464 e. The number of Topliss-reactive ketones (excluding diaryl/α,β-unsaturated/α-hetero) is 1. The van der Waals surface area contributed by atoms with Gasteiger partial charge in [0.2, 0.25) is 0 Å². The lowest BCUT2D eigenvalue weighted by Gasteiger charge is -2.24. The normalized spacial score (nSPS) is 15.9. The third-order valence-corrected chi connectivity index (χ3v) is 4.55. The molecule has 26 heavy (non-hydrogen) atoms. The minimum absolute atomic E-state index is 0.0798. The molecule has 2 aromatic carbocycles. The standard InChI is InChI=1S/C21H22N2O3/c1-4-13-7-6-8-15(11-13)22-18-19(21(25)26-3)23-17-10-9-14(5-2)12-16(17)20(18)24/h6-12,18,22H,4-5H2,1-3H3. The fourth-order valence-corrected chi connectivity index (χ4v) is 3.02. The molecule has 1 heterocycles. The quantitative estimate of drug-likeness (QED) is 0.834. The highest BCUT2D eigenvalue weighted by atomic mass is 16.5. The van der Waals surface area contributed by atoms with Gasteiger partial charge in [-0.25, -0.2) is 9.79 Å². The van der Waals surface area contributed by atoms with Gasteiger partial charge < -0.3 is 10.1 Å². The molecule has 0 amide bonds. The number of anilines is 1. The second-order valence-corrected chi connectivity index (χ2v) is 6.19. The van der Waals surface area contributed by atoms with Crippen molar-refractivity contribution in [3.63, 3.8) is 0 Å². The maximum absolute atomic E-state index is 13.1. The number of nitrogens with one attached hydrogen (secondary N) is 1. The number of esters is 1. The van der Waals surface area contributed by atoms with Gasteiger partial charge in [0, 0.05) is 11.3 Å². The highest BCUT2D eigenvalue weighted by Gasteiger charge is 2.36. The molecule has 1 aliphatic rings. The molecule has 3 rings (SSSR count). The lowest BCUT2D eigenvalue weighted by atomic mass is 9.93. The van der Waals surface area contributed by atoms with E-state index in [9.17, 15) is 9.59 Å². The van der Waals surface area contributed by atoms with Crippen LogP contribution in [0.2, 0.25) is 0 Å². The zero-order valence-corrected chi connectivity index (χ0v) is 15.2. The molecular formula is C21H22N2O3. The Labute approximate surface area is 153 Å². The number of nitrogens with zero attached hydrogens (tertiary/aromatic N) is 1. The molecular weight excluding hydrogens is 328 g/mol. The van der Waals surface area contributed by atoms with Crippen LogP contribution >= 0.6 is 0 Å². The summed E-state index contributed by atoms with van der Waals surface area (Å²) in [6.07, 6.45) is 1.71. The van der Waals surface area contributed by atoms with Crippen molar-refractivity contribution in [2.45, 2.75) is 32.7 Å². The van der Waals surface area contributed by atoms with Gasteiger partial charge in [0.1, 0.15) is 6.04 Å². The number of hydrogen-bond acceptors (Lipinski definition) is 5. The summed E-state index contributed by atoms with van der Waals surface area (Å²) < 4.78 is 4.85. The first-order chi connectivity index (χ1) is 12.6. The van der Waals surface area contributed by atoms with Crippen LogP contribution < -0.4 is 5.32 Å². The first kappa shape index (κ1) is 17.9. The van der Waals surface area contributed by atoms with Crippen LogP contribution in [0.25, 0.3) is 0 Å². The summed E-state index contributed by atoms with van der Waals surface area (Å²) in [5.74, 6) is -0.777. The molecule has 0 bridgehead atoms. The monoisotopic (exact) mass is 350 g/mol. The van der Waals surface area contributed by atoms with Crippen molar-refractivity contribution in [1.82, 2.24) is 0 Å². The predicted octanol–water partition coefficient (Wildman–Crippen LogP) is 3.73. The van der Waals surface area contributed by atoms with Crippen molar-refractivity contribution in [2.24, 2.45) is 4.99 Å². The number of benzene rings is 2. The van der Waals surface area contributed by atoms with Crippen molar-refractivity contribution in [3.8, 4) is 0 Å². The predicted molar refractivity (Wildman–Crippen MR) is 102 cm³/mol. The number of carbonyl (C=O) groups excluding carboxylic acids is 2. The fraction of sp³-hybridized carbons (Fsp3) is 0.286. The number of ketones is 1. The number of ether oxygens (including phenoxy) is 1. The van der Waals surface area contributed by atoms with Crippen LogP contribution in [-0.4, -0.2) is 30.6 Å². The number of aryl methyl sites for hydroxylation is 2. The van der Waals surface area contributed by atoms with Crippen LogP contribution in [0.15, 0.2) is 47.5 Å². The van der Waals surface area contributed by atoms with Crippen molar-refractivity contribution in [2.75, 3.05) is 12.4 Å². The van der Waals surface area contributed by atoms with Crippen LogP contribution in [0.1, 0.15) is 35.3 Å². The number of carbonyl (C=O) groups is 2. The fourth-order valence-electron chi connectivity index (χ4n) is 3.02. The number of aliphatic imine (C=N–C) groups is 1.